The summed E-state index contributed by atoms with van der Waals surface area (Å²) in [5, 5.41) is 3.43. The molecule has 0 saturated carbocycles. The Balaban J connectivity index is 2.05. The molecule has 3 heteroatoms. The Morgan fingerprint density at radius 3 is 2.90 bits per heavy atom. The van der Waals surface area contributed by atoms with Gasteiger partial charge in [-0.05, 0) is 44.4 Å². The highest BCUT2D eigenvalue weighted by Gasteiger charge is 2.17. The highest BCUT2D eigenvalue weighted by Crippen LogP contribution is 2.23. The molecule has 1 aromatic rings. The smallest absolute Gasteiger partial charge is 0.0749 e. The fourth-order valence-electron chi connectivity index (χ4n) is 2.84. The van der Waals surface area contributed by atoms with Crippen LogP contribution in [0.4, 0.5) is 5.69 Å². The largest absolute Gasteiger partial charge is 0.376 e. The maximum Gasteiger partial charge on any atom is 0.0749 e. The third-order valence-corrected chi connectivity index (χ3v) is 3.96. The number of likely N-dealkylation sites (N-methyl/N-ethyl adjacent to an activating group) is 1. The highest BCUT2D eigenvalue weighted by atomic mass is 16.5. The van der Waals surface area contributed by atoms with Crippen molar-refractivity contribution in [1.29, 1.82) is 0 Å². The molecule has 1 aliphatic heterocycles. The van der Waals surface area contributed by atoms with Gasteiger partial charge in [-0.3, -0.25) is 0 Å². The molecule has 1 atom stereocenters. The lowest BCUT2D eigenvalue weighted by Crippen LogP contribution is -2.34. The number of ether oxygens (including phenoxy) is 1. The number of anilines is 1. The third kappa shape index (κ3) is 4.22. The number of nitrogens with one attached hydrogen (secondary N) is 1. The van der Waals surface area contributed by atoms with E-state index in [1.54, 1.807) is 0 Å². The second-order valence-electron chi connectivity index (χ2n) is 5.78. The second-order valence-corrected chi connectivity index (χ2v) is 5.78. The van der Waals surface area contributed by atoms with Crippen LogP contribution in [0.5, 0.6) is 0 Å². The van der Waals surface area contributed by atoms with Crippen LogP contribution in [-0.2, 0) is 11.3 Å². The van der Waals surface area contributed by atoms with E-state index in [0.717, 1.165) is 26.2 Å². The predicted molar refractivity (Wildman–Crippen MR) is 85.4 cm³/mol. The van der Waals surface area contributed by atoms with Gasteiger partial charge >= 0.3 is 0 Å². The van der Waals surface area contributed by atoms with Crippen molar-refractivity contribution in [3.8, 4) is 0 Å². The summed E-state index contributed by atoms with van der Waals surface area (Å²) in [6.07, 6.45) is 4.10. The lowest BCUT2D eigenvalue weighted by Gasteiger charge is -2.30. The standard InChI is InChI=1S/C17H28N2O/c1-4-18-12-15-11-14(2)8-9-17(15)19(3)13-16-7-5-6-10-20-16/h8-9,11,16,18H,4-7,10,12-13H2,1-3H3. The summed E-state index contributed by atoms with van der Waals surface area (Å²) in [6.45, 7) is 8.16. The molecule has 0 bridgehead atoms. The lowest BCUT2D eigenvalue weighted by atomic mass is 10.1. The van der Waals surface area contributed by atoms with Crippen LogP contribution in [-0.4, -0.2) is 32.8 Å². The Kier molecular flexibility index (Phi) is 5.86. The highest BCUT2D eigenvalue weighted by molar-refractivity contribution is 5.54. The Hall–Kier alpha value is -1.06. The monoisotopic (exact) mass is 276 g/mol. The first kappa shape index (κ1) is 15.3. The average Bonchev–Trinajstić information content (AvgIpc) is 2.46. The number of aryl methyl sites for hydroxylation is 1. The van der Waals surface area contributed by atoms with Gasteiger partial charge in [0.15, 0.2) is 0 Å². The summed E-state index contributed by atoms with van der Waals surface area (Å²) in [5.74, 6) is 0. The molecule has 3 nitrogen and oxygen atoms in total. The summed E-state index contributed by atoms with van der Waals surface area (Å²) in [5.41, 5.74) is 4.03. The van der Waals surface area contributed by atoms with Crippen LogP contribution in [0.3, 0.4) is 0 Å². The molecule has 0 radical (unpaired) electrons. The first-order valence-electron chi connectivity index (χ1n) is 7.83. The minimum absolute atomic E-state index is 0.391. The molecule has 1 saturated heterocycles. The Labute approximate surface area is 123 Å². The van der Waals surface area contributed by atoms with Crippen molar-refractivity contribution in [2.45, 2.75) is 45.8 Å². The fraction of sp³-hybridized carbons (Fsp3) is 0.647. The van der Waals surface area contributed by atoms with E-state index < -0.39 is 0 Å². The van der Waals surface area contributed by atoms with E-state index >= 15 is 0 Å². The molecular formula is C17H28N2O. The predicted octanol–water partition coefficient (Wildman–Crippen LogP) is 3.11. The molecule has 1 aliphatic rings. The molecule has 0 spiro atoms. The van der Waals surface area contributed by atoms with Crippen molar-refractivity contribution < 1.29 is 4.74 Å². The van der Waals surface area contributed by atoms with E-state index in [4.69, 9.17) is 4.74 Å². The Bertz CT molecular complexity index is 413. The molecule has 112 valence electrons. The van der Waals surface area contributed by atoms with E-state index in [-0.39, 0.29) is 0 Å². The van der Waals surface area contributed by atoms with Crippen molar-refractivity contribution in [1.82, 2.24) is 5.32 Å². The molecule has 1 N–H and O–H groups in total. The van der Waals surface area contributed by atoms with Gasteiger partial charge in [-0.15, -0.1) is 0 Å². The zero-order chi connectivity index (χ0) is 14.4. The Morgan fingerprint density at radius 2 is 2.20 bits per heavy atom. The quantitative estimate of drug-likeness (QED) is 0.864. The third-order valence-electron chi connectivity index (χ3n) is 3.96. The lowest BCUT2D eigenvalue weighted by molar-refractivity contribution is 0.0216. The minimum Gasteiger partial charge on any atom is -0.376 e. The summed E-state index contributed by atoms with van der Waals surface area (Å²) in [4.78, 5) is 2.35. The molecule has 1 fully saturated rings. The zero-order valence-corrected chi connectivity index (χ0v) is 13.1. The van der Waals surface area contributed by atoms with Crippen LogP contribution >= 0.6 is 0 Å². The Morgan fingerprint density at radius 1 is 1.35 bits per heavy atom. The molecule has 0 aromatic heterocycles. The van der Waals surface area contributed by atoms with Crippen molar-refractivity contribution in [3.63, 3.8) is 0 Å². The summed E-state index contributed by atoms with van der Waals surface area (Å²) >= 11 is 0. The molecule has 1 aromatic carbocycles. The van der Waals surface area contributed by atoms with Crippen LogP contribution in [0.1, 0.15) is 37.3 Å². The van der Waals surface area contributed by atoms with Crippen molar-refractivity contribution in [3.05, 3.63) is 29.3 Å². The van der Waals surface area contributed by atoms with Crippen molar-refractivity contribution >= 4 is 5.69 Å². The van der Waals surface area contributed by atoms with E-state index in [0.29, 0.717) is 6.10 Å². The number of benzene rings is 1. The zero-order valence-electron chi connectivity index (χ0n) is 13.1. The SMILES string of the molecule is CCNCc1cc(C)ccc1N(C)CC1CCCCO1. The summed E-state index contributed by atoms with van der Waals surface area (Å²) in [7, 11) is 2.18. The van der Waals surface area contributed by atoms with Crippen LogP contribution in [0.25, 0.3) is 0 Å². The van der Waals surface area contributed by atoms with Gasteiger partial charge in [0.25, 0.3) is 0 Å². The van der Waals surface area contributed by atoms with Crippen molar-refractivity contribution in [2.24, 2.45) is 0 Å². The van der Waals surface area contributed by atoms with Crippen LogP contribution in [0.15, 0.2) is 18.2 Å². The molecule has 2 rings (SSSR count). The number of hydrogen-bond donors (Lipinski definition) is 1. The number of hydrogen-bond acceptors (Lipinski definition) is 3. The van der Waals surface area contributed by atoms with Crippen LogP contribution in [0, 0.1) is 6.92 Å². The summed E-state index contributed by atoms with van der Waals surface area (Å²) in [6, 6.07) is 6.73. The molecule has 20 heavy (non-hydrogen) atoms. The van der Waals surface area contributed by atoms with Crippen LogP contribution < -0.4 is 10.2 Å². The van der Waals surface area contributed by atoms with Gasteiger partial charge in [-0.1, -0.05) is 24.6 Å². The fourth-order valence-corrected chi connectivity index (χ4v) is 2.84. The first-order chi connectivity index (χ1) is 9.70. The summed E-state index contributed by atoms with van der Waals surface area (Å²) < 4.78 is 5.86. The first-order valence-corrected chi connectivity index (χ1v) is 7.83. The normalized spacial score (nSPS) is 19.1. The molecule has 0 amide bonds. The maximum absolute atomic E-state index is 5.86. The molecular weight excluding hydrogens is 248 g/mol. The maximum atomic E-state index is 5.86. The number of nitrogens with zero attached hydrogens (tertiary/aromatic N) is 1. The number of rotatable bonds is 6. The van der Waals surface area contributed by atoms with Gasteiger partial charge in [0.05, 0.1) is 6.10 Å². The van der Waals surface area contributed by atoms with Crippen LogP contribution in [0.2, 0.25) is 0 Å². The average molecular weight is 276 g/mol. The van der Waals surface area contributed by atoms with Gasteiger partial charge in [0.1, 0.15) is 0 Å². The van der Waals surface area contributed by atoms with Gasteiger partial charge in [-0.25, -0.2) is 0 Å². The van der Waals surface area contributed by atoms with E-state index in [2.05, 4.69) is 49.3 Å². The van der Waals surface area contributed by atoms with Gasteiger partial charge < -0.3 is 15.0 Å². The minimum atomic E-state index is 0.391. The topological polar surface area (TPSA) is 24.5 Å². The molecule has 1 unspecified atom stereocenters. The van der Waals surface area contributed by atoms with Gasteiger partial charge in [-0.2, -0.15) is 0 Å². The van der Waals surface area contributed by atoms with E-state index in [1.807, 2.05) is 0 Å². The van der Waals surface area contributed by atoms with E-state index in [1.165, 1.54) is 36.1 Å². The molecule has 0 aliphatic carbocycles. The van der Waals surface area contributed by atoms with E-state index in [9.17, 15) is 0 Å². The van der Waals surface area contributed by atoms with Gasteiger partial charge in [0, 0.05) is 32.4 Å². The second kappa shape index (κ2) is 7.65. The van der Waals surface area contributed by atoms with Gasteiger partial charge in [0.2, 0.25) is 0 Å². The molecule has 1 heterocycles. The van der Waals surface area contributed by atoms with Crippen molar-refractivity contribution in [2.75, 3.05) is 31.6 Å².